The Balaban J connectivity index is 1.34. The van der Waals surface area contributed by atoms with Crippen LogP contribution in [0.15, 0.2) is 29.2 Å². The molecule has 0 aliphatic heterocycles. The molecule has 0 radical (unpaired) electrons. The minimum absolute atomic E-state index is 0.0739. The molecular weight excluding hydrogens is 484 g/mol. The van der Waals surface area contributed by atoms with Crippen LogP contribution in [0.5, 0.6) is 0 Å². The molecule has 5 rings (SSSR count). The fourth-order valence-electron chi connectivity index (χ4n) is 9.83. The van der Waals surface area contributed by atoms with E-state index >= 15 is 0 Å². The predicted molar refractivity (Wildman–Crippen MR) is 144 cm³/mol. The van der Waals surface area contributed by atoms with Crippen molar-refractivity contribution in [2.75, 3.05) is 6.61 Å². The number of Topliss-reactive ketones (excluding diaryl/α,β-unsaturated/α-hetero) is 1. The minimum Gasteiger partial charge on any atom is -0.393 e. The molecule has 37 heavy (non-hydrogen) atoms. The molecule has 0 unspecified atom stereocenters. The summed E-state index contributed by atoms with van der Waals surface area (Å²) in [5, 5.41) is 11.8. The van der Waals surface area contributed by atoms with E-state index in [9.17, 15) is 18.3 Å². The molecule has 6 heteroatoms. The number of fused-ring (bicyclic) bond motifs is 5. The summed E-state index contributed by atoms with van der Waals surface area (Å²) >= 11 is 0. The number of benzene rings is 1. The highest BCUT2D eigenvalue weighted by molar-refractivity contribution is 7.86. The van der Waals surface area contributed by atoms with Crippen molar-refractivity contribution < 1.29 is 22.5 Å². The van der Waals surface area contributed by atoms with E-state index in [1.54, 1.807) is 24.3 Å². The summed E-state index contributed by atoms with van der Waals surface area (Å²) in [6.45, 7) is 11.3. The SMILES string of the molecule is CC[C@@H]1[C@@H](O)[C@@H]2[C@H](CC[C@]3(C)[C@@H]([C@H](C)COS(=O)(=O)c4ccc(C)cc4)CC[C@@H]23)[C@@]2(C)CCC(=O)C[C@@H]12. The van der Waals surface area contributed by atoms with E-state index < -0.39 is 10.1 Å². The second-order valence-corrected chi connectivity index (χ2v) is 15.1. The molecule has 4 fully saturated rings. The van der Waals surface area contributed by atoms with Crippen LogP contribution in [0, 0.1) is 59.2 Å². The predicted octanol–water partition coefficient (Wildman–Crippen LogP) is 6.17. The van der Waals surface area contributed by atoms with Crippen molar-refractivity contribution in [1.82, 2.24) is 0 Å². The number of aliphatic hydroxyl groups excluding tert-OH is 1. The molecule has 0 bridgehead atoms. The van der Waals surface area contributed by atoms with Crippen molar-refractivity contribution >= 4 is 15.9 Å². The second kappa shape index (κ2) is 9.75. The van der Waals surface area contributed by atoms with Crippen molar-refractivity contribution in [2.24, 2.45) is 52.3 Å². The maximum atomic E-state index is 12.8. The van der Waals surface area contributed by atoms with Crippen molar-refractivity contribution in [2.45, 2.75) is 97.0 Å². The molecule has 0 amide bonds. The fourth-order valence-corrected chi connectivity index (χ4v) is 10.8. The molecule has 4 saturated carbocycles. The second-order valence-electron chi connectivity index (χ2n) is 13.5. The van der Waals surface area contributed by atoms with Crippen LogP contribution in [0.4, 0.5) is 0 Å². The molecule has 5 nitrogen and oxygen atoms in total. The van der Waals surface area contributed by atoms with E-state index in [1.807, 2.05) is 6.92 Å². The standard InChI is InChI=1S/C31H46O5S/c1-6-23-27-17-21(32)13-15-31(27,5)26-14-16-30(4)24(11-12-25(30)28(26)29(23)33)20(3)18-36-37(34,35)22-9-7-19(2)8-10-22/h7-10,20,23-29,33H,6,11-18H2,1-5H3/t20-,23+,24-,25+,26+,27+,28+,29-,30-,31-/m1/s1. The van der Waals surface area contributed by atoms with Crippen molar-refractivity contribution in [1.29, 1.82) is 0 Å². The van der Waals surface area contributed by atoms with Crippen LogP contribution < -0.4 is 0 Å². The third-order valence-electron chi connectivity index (χ3n) is 11.8. The summed E-state index contributed by atoms with van der Waals surface area (Å²) in [5.41, 5.74) is 1.22. The lowest BCUT2D eigenvalue weighted by atomic mass is 9.41. The van der Waals surface area contributed by atoms with Crippen molar-refractivity contribution in [3.8, 4) is 0 Å². The highest BCUT2D eigenvalue weighted by Crippen LogP contribution is 2.69. The molecule has 4 aliphatic carbocycles. The molecular formula is C31H46O5S. The Kier molecular flexibility index (Phi) is 7.20. The van der Waals surface area contributed by atoms with Gasteiger partial charge in [0, 0.05) is 12.8 Å². The Morgan fingerprint density at radius 3 is 2.38 bits per heavy atom. The van der Waals surface area contributed by atoms with E-state index in [0.29, 0.717) is 42.3 Å². The number of hydrogen-bond donors (Lipinski definition) is 1. The van der Waals surface area contributed by atoms with Crippen LogP contribution in [0.25, 0.3) is 0 Å². The first kappa shape index (κ1) is 27.3. The largest absolute Gasteiger partial charge is 0.393 e. The van der Waals surface area contributed by atoms with Gasteiger partial charge in [0.2, 0.25) is 0 Å². The van der Waals surface area contributed by atoms with E-state index in [-0.39, 0.29) is 46.2 Å². The van der Waals surface area contributed by atoms with Crippen molar-refractivity contribution in [3.63, 3.8) is 0 Å². The van der Waals surface area contributed by atoms with Gasteiger partial charge in [-0.2, -0.15) is 8.42 Å². The lowest BCUT2D eigenvalue weighted by molar-refractivity contribution is -0.194. The van der Waals surface area contributed by atoms with Gasteiger partial charge >= 0.3 is 0 Å². The maximum Gasteiger partial charge on any atom is 0.296 e. The zero-order chi connectivity index (χ0) is 26.8. The molecule has 1 aromatic carbocycles. The van der Waals surface area contributed by atoms with Gasteiger partial charge in [0.05, 0.1) is 17.6 Å². The quantitative estimate of drug-likeness (QED) is 0.445. The lowest BCUT2D eigenvalue weighted by Crippen LogP contribution is -2.62. The normalized spacial score (nSPS) is 42.5. The van der Waals surface area contributed by atoms with Crippen LogP contribution in [0.3, 0.4) is 0 Å². The fraction of sp³-hybridized carbons (Fsp3) is 0.774. The maximum absolute atomic E-state index is 12.8. The van der Waals surface area contributed by atoms with Crippen LogP contribution in [-0.2, 0) is 19.1 Å². The van der Waals surface area contributed by atoms with Gasteiger partial charge in [-0.05, 0) is 103 Å². The van der Waals surface area contributed by atoms with E-state index in [0.717, 1.165) is 44.1 Å². The number of ketones is 1. The van der Waals surface area contributed by atoms with E-state index in [4.69, 9.17) is 4.18 Å². The average molecular weight is 531 g/mol. The molecule has 4 aliphatic rings. The Hall–Kier alpha value is -1.24. The van der Waals surface area contributed by atoms with Crippen molar-refractivity contribution in [3.05, 3.63) is 29.8 Å². The Labute approximate surface area is 223 Å². The Morgan fingerprint density at radius 2 is 1.70 bits per heavy atom. The lowest BCUT2D eigenvalue weighted by Gasteiger charge is -2.64. The smallest absolute Gasteiger partial charge is 0.296 e. The summed E-state index contributed by atoms with van der Waals surface area (Å²) in [6, 6.07) is 6.83. The summed E-state index contributed by atoms with van der Waals surface area (Å²) in [5.74, 6) is 2.53. The van der Waals surface area contributed by atoms with Crippen LogP contribution >= 0.6 is 0 Å². The van der Waals surface area contributed by atoms with Gasteiger partial charge < -0.3 is 5.11 Å². The third-order valence-corrected chi connectivity index (χ3v) is 13.1. The highest BCUT2D eigenvalue weighted by atomic mass is 32.2. The van der Waals surface area contributed by atoms with Gasteiger partial charge in [-0.25, -0.2) is 0 Å². The summed E-state index contributed by atoms with van der Waals surface area (Å²) in [4.78, 5) is 12.7. The van der Waals surface area contributed by atoms with E-state index in [1.165, 1.54) is 0 Å². The number of hydrogen-bond acceptors (Lipinski definition) is 5. The first-order valence-corrected chi connectivity index (χ1v) is 16.0. The zero-order valence-electron chi connectivity index (χ0n) is 23.3. The Bertz CT molecular complexity index is 1110. The minimum atomic E-state index is -3.78. The Morgan fingerprint density at radius 1 is 1.03 bits per heavy atom. The monoisotopic (exact) mass is 530 g/mol. The van der Waals surface area contributed by atoms with Crippen LogP contribution in [-0.4, -0.2) is 32.0 Å². The van der Waals surface area contributed by atoms with Crippen LogP contribution in [0.2, 0.25) is 0 Å². The molecule has 1 N–H and O–H groups in total. The number of carbonyl (C=O) groups excluding carboxylic acids is 1. The molecule has 1 aromatic rings. The number of aryl methyl sites for hydroxylation is 1. The van der Waals surface area contributed by atoms with Gasteiger partial charge in [0.1, 0.15) is 5.78 Å². The summed E-state index contributed by atoms with van der Waals surface area (Å²) in [6.07, 6.45) is 7.22. The first-order valence-electron chi connectivity index (χ1n) is 14.6. The van der Waals surface area contributed by atoms with Gasteiger partial charge in [-0.15, -0.1) is 0 Å². The van der Waals surface area contributed by atoms with Gasteiger partial charge in [0.15, 0.2) is 0 Å². The van der Waals surface area contributed by atoms with Gasteiger partial charge in [-0.1, -0.05) is 51.8 Å². The summed E-state index contributed by atoms with van der Waals surface area (Å²) < 4.78 is 31.3. The molecule has 0 heterocycles. The van der Waals surface area contributed by atoms with E-state index in [2.05, 4.69) is 27.7 Å². The van der Waals surface area contributed by atoms with Crippen LogP contribution in [0.1, 0.15) is 84.6 Å². The topological polar surface area (TPSA) is 80.7 Å². The van der Waals surface area contributed by atoms with Gasteiger partial charge in [-0.3, -0.25) is 8.98 Å². The molecule has 0 spiro atoms. The third kappa shape index (κ3) is 4.43. The highest BCUT2D eigenvalue weighted by Gasteiger charge is 2.65. The molecule has 206 valence electrons. The number of aliphatic hydroxyl groups is 1. The summed E-state index contributed by atoms with van der Waals surface area (Å²) in [7, 11) is -3.78. The zero-order valence-corrected chi connectivity index (χ0v) is 24.1. The number of carbonyl (C=O) groups is 1. The molecule has 0 saturated heterocycles. The van der Waals surface area contributed by atoms with Gasteiger partial charge in [0.25, 0.3) is 10.1 Å². The number of rotatable bonds is 6. The molecule has 10 atom stereocenters. The molecule has 0 aromatic heterocycles. The first-order chi connectivity index (χ1) is 17.4. The average Bonchev–Trinajstić information content (AvgIpc) is 3.21.